The molecule has 1 saturated carbocycles. The molecule has 1 aromatic carbocycles. The first-order valence-corrected chi connectivity index (χ1v) is 13.3. The Morgan fingerprint density at radius 3 is 2.71 bits per heavy atom. The zero-order valence-electron chi connectivity index (χ0n) is 18.9. The summed E-state index contributed by atoms with van der Waals surface area (Å²) >= 11 is -0.676. The minimum Gasteiger partial charge on any atom is -0.616 e. The molecule has 6 rings (SSSR count). The lowest BCUT2D eigenvalue weighted by Crippen LogP contribution is -2.51. The second-order valence-electron chi connectivity index (χ2n) is 9.28. The number of aromatic nitrogens is 3. The van der Waals surface area contributed by atoms with Crippen LogP contribution in [0.25, 0.3) is 22.2 Å². The van der Waals surface area contributed by atoms with E-state index in [-0.39, 0.29) is 17.9 Å². The highest BCUT2D eigenvalue weighted by atomic mass is 32.2. The van der Waals surface area contributed by atoms with Crippen molar-refractivity contribution in [3.63, 3.8) is 0 Å². The van der Waals surface area contributed by atoms with Crippen molar-refractivity contribution < 1.29 is 18.4 Å². The lowest BCUT2D eigenvalue weighted by atomic mass is 9.85. The molecule has 4 heterocycles. The summed E-state index contributed by atoms with van der Waals surface area (Å²) in [6.45, 7) is 2.84. The molecule has 2 N–H and O–H groups in total. The monoisotopic (exact) mass is 485 g/mol. The van der Waals surface area contributed by atoms with Crippen LogP contribution in [0.4, 0.5) is 10.2 Å². The average molecular weight is 486 g/mol. The highest BCUT2D eigenvalue weighted by Gasteiger charge is 2.38. The van der Waals surface area contributed by atoms with Crippen LogP contribution >= 0.6 is 0 Å². The Morgan fingerprint density at radius 1 is 1.18 bits per heavy atom. The standard InChI is InChI=1S/C24H28FN5O3S/c25-22-18(2-1-3-20(22)33-13-17-4-7-32-17)19-12-30(24-21(19)23(26)27-14-28-24)16-10-15(11-16)29-5-8-34(31)9-6-29/h1-3,12,14-17H,4-11,13H2,(H2,26,27,28). The first-order chi connectivity index (χ1) is 16.6. The molecule has 0 radical (unpaired) electrons. The van der Waals surface area contributed by atoms with Crippen molar-refractivity contribution in [1.29, 1.82) is 0 Å². The fourth-order valence-corrected chi connectivity index (χ4v) is 6.20. The van der Waals surface area contributed by atoms with Gasteiger partial charge in [0.05, 0.1) is 11.5 Å². The Labute approximate surface area is 200 Å². The van der Waals surface area contributed by atoms with Crippen molar-refractivity contribution in [2.45, 2.75) is 37.5 Å². The van der Waals surface area contributed by atoms with Crippen molar-refractivity contribution in [2.24, 2.45) is 0 Å². The number of nitrogen functional groups attached to an aromatic ring is 1. The van der Waals surface area contributed by atoms with E-state index in [4.69, 9.17) is 15.2 Å². The number of nitrogens with zero attached hydrogens (tertiary/aromatic N) is 4. The first kappa shape index (κ1) is 22.1. The van der Waals surface area contributed by atoms with Crippen LogP contribution in [0.1, 0.15) is 25.3 Å². The molecular formula is C24H28FN5O3S. The van der Waals surface area contributed by atoms with Gasteiger partial charge < -0.3 is 24.3 Å². The van der Waals surface area contributed by atoms with Gasteiger partial charge in [-0.3, -0.25) is 4.90 Å². The van der Waals surface area contributed by atoms with Gasteiger partial charge in [0.1, 0.15) is 35.9 Å². The molecule has 34 heavy (non-hydrogen) atoms. The van der Waals surface area contributed by atoms with E-state index in [1.807, 2.05) is 6.20 Å². The summed E-state index contributed by atoms with van der Waals surface area (Å²) in [5.74, 6) is 1.63. The van der Waals surface area contributed by atoms with Crippen LogP contribution in [-0.2, 0) is 15.9 Å². The van der Waals surface area contributed by atoms with E-state index >= 15 is 4.39 Å². The van der Waals surface area contributed by atoms with Crippen molar-refractivity contribution in [3.8, 4) is 16.9 Å². The van der Waals surface area contributed by atoms with Crippen LogP contribution < -0.4 is 10.5 Å². The molecule has 2 saturated heterocycles. The summed E-state index contributed by atoms with van der Waals surface area (Å²) in [7, 11) is 0. The SMILES string of the molecule is Nc1ncnc2c1c(-c1cccc(OCC3CCO3)c1F)cn2C1CC(N2CC[S+]([O-])CC2)C1. The lowest BCUT2D eigenvalue weighted by molar-refractivity contribution is -0.0725. The van der Waals surface area contributed by atoms with Crippen LogP contribution in [0.15, 0.2) is 30.7 Å². The number of nitrogens with two attached hydrogens (primary N) is 1. The minimum atomic E-state index is -0.676. The third-order valence-corrected chi connectivity index (χ3v) is 8.60. The van der Waals surface area contributed by atoms with Crippen LogP contribution in [0.3, 0.4) is 0 Å². The molecular weight excluding hydrogens is 457 g/mol. The third-order valence-electron chi connectivity index (χ3n) is 7.32. The van der Waals surface area contributed by atoms with Gasteiger partial charge in [-0.2, -0.15) is 0 Å². The predicted octanol–water partition coefficient (Wildman–Crippen LogP) is 2.76. The number of halogens is 1. The van der Waals surface area contributed by atoms with Crippen molar-refractivity contribution >= 4 is 28.0 Å². The number of anilines is 1. The molecule has 1 atom stereocenters. The Bertz CT molecular complexity index is 1190. The van der Waals surface area contributed by atoms with Gasteiger partial charge in [0.15, 0.2) is 11.6 Å². The van der Waals surface area contributed by atoms with Gasteiger partial charge in [-0.25, -0.2) is 14.4 Å². The van der Waals surface area contributed by atoms with Gasteiger partial charge in [0.2, 0.25) is 0 Å². The molecule has 3 fully saturated rings. The van der Waals surface area contributed by atoms with Crippen molar-refractivity contribution in [2.75, 3.05) is 43.5 Å². The van der Waals surface area contributed by atoms with E-state index < -0.39 is 17.0 Å². The van der Waals surface area contributed by atoms with E-state index in [0.717, 1.165) is 56.1 Å². The van der Waals surface area contributed by atoms with Crippen molar-refractivity contribution in [1.82, 2.24) is 19.4 Å². The second-order valence-corrected chi connectivity index (χ2v) is 11.0. The maximum atomic E-state index is 15.5. The highest BCUT2D eigenvalue weighted by Crippen LogP contribution is 2.43. The van der Waals surface area contributed by atoms with Gasteiger partial charge >= 0.3 is 0 Å². The Hall–Kier alpha value is -2.40. The molecule has 1 aliphatic carbocycles. The van der Waals surface area contributed by atoms with Crippen molar-refractivity contribution in [3.05, 3.63) is 36.5 Å². The molecule has 2 aromatic heterocycles. The Kier molecular flexibility index (Phi) is 5.84. The summed E-state index contributed by atoms with van der Waals surface area (Å²) in [5, 5.41) is 0.665. The van der Waals surface area contributed by atoms with E-state index in [1.165, 1.54) is 6.33 Å². The van der Waals surface area contributed by atoms with Crippen LogP contribution in [0, 0.1) is 5.82 Å². The zero-order valence-corrected chi connectivity index (χ0v) is 19.7. The topological polar surface area (TPSA) is 101 Å². The van der Waals surface area contributed by atoms with Crippen LogP contribution in [0.2, 0.25) is 0 Å². The largest absolute Gasteiger partial charge is 0.616 e. The fourth-order valence-electron chi connectivity index (χ4n) is 5.12. The fraction of sp³-hybridized carbons (Fsp3) is 0.500. The average Bonchev–Trinajstić information content (AvgIpc) is 3.14. The Balaban J connectivity index is 1.29. The number of rotatable bonds is 6. The molecule has 0 bridgehead atoms. The summed E-state index contributed by atoms with van der Waals surface area (Å²) in [4.78, 5) is 11.1. The maximum absolute atomic E-state index is 15.5. The predicted molar refractivity (Wildman–Crippen MR) is 129 cm³/mol. The van der Waals surface area contributed by atoms with E-state index in [9.17, 15) is 4.55 Å². The highest BCUT2D eigenvalue weighted by molar-refractivity contribution is 7.91. The smallest absolute Gasteiger partial charge is 0.172 e. The molecule has 1 unspecified atom stereocenters. The Morgan fingerprint density at radius 2 is 1.97 bits per heavy atom. The van der Waals surface area contributed by atoms with Crippen LogP contribution in [-0.4, -0.2) is 73.9 Å². The second kappa shape index (κ2) is 8.99. The molecule has 3 aromatic rings. The normalized spacial score (nSPS) is 25.8. The van der Waals surface area contributed by atoms with Gasteiger partial charge in [0.25, 0.3) is 0 Å². The summed E-state index contributed by atoms with van der Waals surface area (Å²) in [6.07, 6.45) is 6.34. The molecule has 0 amide bonds. The summed E-state index contributed by atoms with van der Waals surface area (Å²) in [5.41, 5.74) is 8.08. The van der Waals surface area contributed by atoms with E-state index in [0.29, 0.717) is 35.0 Å². The van der Waals surface area contributed by atoms with Gasteiger partial charge in [-0.1, -0.05) is 23.3 Å². The number of fused-ring (bicyclic) bond motifs is 1. The first-order valence-electron chi connectivity index (χ1n) is 11.8. The molecule has 3 aliphatic rings. The third kappa shape index (κ3) is 3.92. The summed E-state index contributed by atoms with van der Waals surface area (Å²) in [6, 6.07) is 5.90. The molecule has 0 spiro atoms. The molecule has 2 aliphatic heterocycles. The zero-order chi connectivity index (χ0) is 23.2. The van der Waals surface area contributed by atoms with Gasteiger partial charge in [-0.15, -0.1) is 0 Å². The van der Waals surface area contributed by atoms with Gasteiger partial charge in [-0.05, 0) is 18.9 Å². The lowest BCUT2D eigenvalue weighted by Gasteiger charge is -2.44. The molecule has 180 valence electrons. The van der Waals surface area contributed by atoms with E-state index in [2.05, 4.69) is 19.4 Å². The van der Waals surface area contributed by atoms with Gasteiger partial charge in [0, 0.05) is 55.5 Å². The molecule has 8 nitrogen and oxygen atoms in total. The molecule has 10 heteroatoms. The van der Waals surface area contributed by atoms with Crippen LogP contribution in [0.5, 0.6) is 5.75 Å². The maximum Gasteiger partial charge on any atom is 0.172 e. The number of benzene rings is 1. The number of hydrogen-bond donors (Lipinski definition) is 1. The number of ether oxygens (including phenoxy) is 2. The van der Waals surface area contributed by atoms with E-state index in [1.54, 1.807) is 18.2 Å². The number of hydrogen-bond acceptors (Lipinski definition) is 7. The quantitative estimate of drug-likeness (QED) is 0.536. The minimum absolute atomic E-state index is 0.0282. The summed E-state index contributed by atoms with van der Waals surface area (Å²) < 4.78 is 40.5.